The SMILES string of the molecule is Cc1c(Cl)cccc1N1C(=O)[C@@H]2[C@@H](C1=O)[C@H](c1ccccc1)C=C[C@@H]2c1ccccc1. The third-order valence-corrected chi connectivity index (χ3v) is 6.96. The van der Waals surface area contributed by atoms with Gasteiger partial charge in [0.1, 0.15) is 0 Å². The van der Waals surface area contributed by atoms with Crippen molar-refractivity contribution in [3.63, 3.8) is 0 Å². The van der Waals surface area contributed by atoms with Gasteiger partial charge >= 0.3 is 0 Å². The van der Waals surface area contributed by atoms with Crippen LogP contribution in [-0.2, 0) is 9.59 Å². The summed E-state index contributed by atoms with van der Waals surface area (Å²) in [7, 11) is 0. The second kappa shape index (κ2) is 7.82. The molecule has 3 nitrogen and oxygen atoms in total. The summed E-state index contributed by atoms with van der Waals surface area (Å²) in [5.74, 6) is -1.51. The molecule has 1 saturated heterocycles. The van der Waals surface area contributed by atoms with E-state index >= 15 is 0 Å². The zero-order valence-corrected chi connectivity index (χ0v) is 17.9. The minimum atomic E-state index is -0.455. The predicted octanol–water partition coefficient (Wildman–Crippen LogP) is 5.89. The molecule has 2 amide bonds. The number of anilines is 1. The second-order valence-corrected chi connectivity index (χ2v) is 8.61. The Morgan fingerprint density at radius 1 is 0.677 bits per heavy atom. The summed E-state index contributed by atoms with van der Waals surface area (Å²) in [4.78, 5) is 29.0. The number of imide groups is 1. The Labute approximate surface area is 187 Å². The molecule has 154 valence electrons. The summed E-state index contributed by atoms with van der Waals surface area (Å²) in [5, 5.41) is 0.547. The number of hydrogen-bond donors (Lipinski definition) is 0. The van der Waals surface area contributed by atoms with E-state index in [2.05, 4.69) is 12.2 Å². The summed E-state index contributed by atoms with van der Waals surface area (Å²) in [6.07, 6.45) is 4.21. The molecule has 0 N–H and O–H groups in total. The van der Waals surface area contributed by atoms with E-state index < -0.39 is 11.8 Å². The first-order chi connectivity index (χ1) is 15.1. The molecule has 0 aromatic heterocycles. The van der Waals surface area contributed by atoms with Crippen LogP contribution in [0.5, 0.6) is 0 Å². The minimum absolute atomic E-state index is 0.146. The van der Waals surface area contributed by atoms with E-state index in [0.717, 1.165) is 16.7 Å². The van der Waals surface area contributed by atoms with Crippen LogP contribution in [0.1, 0.15) is 28.5 Å². The highest BCUT2D eigenvalue weighted by Crippen LogP contribution is 2.50. The molecule has 0 spiro atoms. The molecule has 1 heterocycles. The second-order valence-electron chi connectivity index (χ2n) is 8.21. The monoisotopic (exact) mass is 427 g/mol. The number of nitrogens with zero attached hydrogens (tertiary/aromatic N) is 1. The molecule has 1 aliphatic carbocycles. The first kappa shape index (κ1) is 19.8. The standard InChI is InChI=1S/C27H22ClNO2/c1-17-22(28)13-8-14-23(17)29-26(30)24-20(18-9-4-2-5-10-18)15-16-21(25(24)27(29)31)19-11-6-3-7-12-19/h2-16,20-21,24-25H,1H3/t20-,21+,24-,25-/m0/s1. The number of halogens is 1. The lowest BCUT2D eigenvalue weighted by Crippen LogP contribution is -2.32. The van der Waals surface area contributed by atoms with Crippen molar-refractivity contribution in [3.05, 3.63) is 113 Å². The maximum absolute atomic E-state index is 13.8. The minimum Gasteiger partial charge on any atom is -0.274 e. The molecule has 31 heavy (non-hydrogen) atoms. The highest BCUT2D eigenvalue weighted by atomic mass is 35.5. The van der Waals surface area contributed by atoms with Gasteiger partial charge in [0.05, 0.1) is 17.5 Å². The summed E-state index contributed by atoms with van der Waals surface area (Å²) < 4.78 is 0. The van der Waals surface area contributed by atoms with E-state index in [0.29, 0.717) is 10.7 Å². The zero-order chi connectivity index (χ0) is 21.5. The van der Waals surface area contributed by atoms with Gasteiger partial charge in [0.2, 0.25) is 11.8 Å². The van der Waals surface area contributed by atoms with Gasteiger partial charge in [0, 0.05) is 16.9 Å². The lowest BCUT2D eigenvalue weighted by atomic mass is 9.68. The molecular formula is C27H22ClNO2. The average Bonchev–Trinajstić information content (AvgIpc) is 3.07. The molecule has 3 aromatic rings. The van der Waals surface area contributed by atoms with Crippen LogP contribution in [0, 0.1) is 18.8 Å². The number of benzene rings is 3. The molecule has 0 saturated carbocycles. The van der Waals surface area contributed by atoms with Crippen LogP contribution < -0.4 is 4.90 Å². The van der Waals surface area contributed by atoms with Gasteiger partial charge in [-0.05, 0) is 35.7 Å². The molecule has 4 heteroatoms. The van der Waals surface area contributed by atoms with Gasteiger partial charge in [-0.25, -0.2) is 4.90 Å². The number of hydrogen-bond acceptors (Lipinski definition) is 2. The number of fused-ring (bicyclic) bond motifs is 1. The van der Waals surface area contributed by atoms with E-state index in [1.54, 1.807) is 18.2 Å². The lowest BCUT2D eigenvalue weighted by molar-refractivity contribution is -0.122. The fraction of sp³-hybridized carbons (Fsp3) is 0.185. The van der Waals surface area contributed by atoms with Crippen molar-refractivity contribution in [2.24, 2.45) is 11.8 Å². The number of carbonyl (C=O) groups excluding carboxylic acids is 2. The number of allylic oxidation sites excluding steroid dienone is 2. The Kier molecular flexibility index (Phi) is 4.99. The maximum atomic E-state index is 13.8. The lowest BCUT2D eigenvalue weighted by Gasteiger charge is -2.32. The largest absolute Gasteiger partial charge is 0.274 e. The van der Waals surface area contributed by atoms with Gasteiger partial charge in [0.15, 0.2) is 0 Å². The van der Waals surface area contributed by atoms with Gasteiger partial charge in [-0.1, -0.05) is 90.5 Å². The normalized spacial score (nSPS) is 25.0. The molecule has 1 fully saturated rings. The Hall–Kier alpha value is -3.17. The summed E-state index contributed by atoms with van der Waals surface area (Å²) in [5.41, 5.74) is 3.41. The molecule has 4 atom stereocenters. The Bertz CT molecular complexity index is 1100. The van der Waals surface area contributed by atoms with Crippen molar-refractivity contribution in [3.8, 4) is 0 Å². The van der Waals surface area contributed by atoms with Crippen LogP contribution in [0.4, 0.5) is 5.69 Å². The third kappa shape index (κ3) is 3.21. The summed E-state index contributed by atoms with van der Waals surface area (Å²) >= 11 is 6.33. The molecule has 2 aliphatic rings. The van der Waals surface area contributed by atoms with E-state index in [9.17, 15) is 9.59 Å². The molecule has 0 unspecified atom stereocenters. The van der Waals surface area contributed by atoms with Crippen LogP contribution >= 0.6 is 11.6 Å². The molecule has 5 rings (SSSR count). The fourth-order valence-corrected chi connectivity index (χ4v) is 5.18. The maximum Gasteiger partial charge on any atom is 0.238 e. The number of carbonyl (C=O) groups is 2. The van der Waals surface area contributed by atoms with Crippen molar-refractivity contribution in [2.45, 2.75) is 18.8 Å². The van der Waals surface area contributed by atoms with Crippen molar-refractivity contribution in [2.75, 3.05) is 4.90 Å². The van der Waals surface area contributed by atoms with E-state index in [4.69, 9.17) is 11.6 Å². The van der Waals surface area contributed by atoms with Crippen molar-refractivity contribution < 1.29 is 9.59 Å². The van der Waals surface area contributed by atoms with Crippen LogP contribution in [0.15, 0.2) is 91.0 Å². The van der Waals surface area contributed by atoms with Gasteiger partial charge in [-0.2, -0.15) is 0 Å². The Morgan fingerprint density at radius 2 is 1.16 bits per heavy atom. The van der Waals surface area contributed by atoms with Gasteiger partial charge in [-0.15, -0.1) is 0 Å². The van der Waals surface area contributed by atoms with Gasteiger partial charge in [0.25, 0.3) is 0 Å². The fourth-order valence-electron chi connectivity index (χ4n) is 5.01. The van der Waals surface area contributed by atoms with Crippen molar-refractivity contribution in [1.82, 2.24) is 0 Å². The molecule has 0 radical (unpaired) electrons. The average molecular weight is 428 g/mol. The highest BCUT2D eigenvalue weighted by molar-refractivity contribution is 6.32. The first-order valence-corrected chi connectivity index (χ1v) is 10.9. The third-order valence-electron chi connectivity index (χ3n) is 6.55. The smallest absolute Gasteiger partial charge is 0.238 e. The van der Waals surface area contributed by atoms with E-state index in [1.807, 2.05) is 67.6 Å². The van der Waals surface area contributed by atoms with Crippen molar-refractivity contribution >= 4 is 29.1 Å². The van der Waals surface area contributed by atoms with E-state index in [-0.39, 0.29) is 23.7 Å². The van der Waals surface area contributed by atoms with Crippen LogP contribution in [0.25, 0.3) is 0 Å². The van der Waals surface area contributed by atoms with Gasteiger partial charge in [-0.3, -0.25) is 9.59 Å². The zero-order valence-electron chi connectivity index (χ0n) is 17.1. The van der Waals surface area contributed by atoms with Crippen LogP contribution in [0.3, 0.4) is 0 Å². The molecule has 1 aliphatic heterocycles. The van der Waals surface area contributed by atoms with Gasteiger partial charge < -0.3 is 0 Å². The topological polar surface area (TPSA) is 37.4 Å². The van der Waals surface area contributed by atoms with Crippen LogP contribution in [0.2, 0.25) is 5.02 Å². The molecule has 0 bridgehead atoms. The van der Waals surface area contributed by atoms with Crippen LogP contribution in [-0.4, -0.2) is 11.8 Å². The number of rotatable bonds is 3. The van der Waals surface area contributed by atoms with E-state index in [1.165, 1.54) is 4.90 Å². The highest BCUT2D eigenvalue weighted by Gasteiger charge is 2.55. The number of amides is 2. The Morgan fingerprint density at radius 3 is 1.65 bits per heavy atom. The summed E-state index contributed by atoms with van der Waals surface area (Å²) in [6.45, 7) is 1.85. The molecular weight excluding hydrogens is 406 g/mol. The first-order valence-electron chi connectivity index (χ1n) is 10.5. The van der Waals surface area contributed by atoms with Crippen molar-refractivity contribution in [1.29, 1.82) is 0 Å². The molecule has 3 aromatic carbocycles. The predicted molar refractivity (Wildman–Crippen MR) is 123 cm³/mol. The Balaban J connectivity index is 1.65. The quantitative estimate of drug-likeness (QED) is 0.386. The summed E-state index contributed by atoms with van der Waals surface area (Å²) in [6, 6.07) is 25.3.